The van der Waals surface area contributed by atoms with E-state index in [0.717, 1.165) is 5.69 Å². The van der Waals surface area contributed by atoms with Crippen molar-refractivity contribution >= 4 is 12.0 Å². The van der Waals surface area contributed by atoms with E-state index in [1.165, 1.54) is 18.2 Å². The van der Waals surface area contributed by atoms with Crippen molar-refractivity contribution in [2.75, 3.05) is 7.05 Å². The van der Waals surface area contributed by atoms with Crippen molar-refractivity contribution in [3.63, 3.8) is 0 Å². The molecule has 0 saturated heterocycles. The molecular formula is C16H17F2N3O2. The van der Waals surface area contributed by atoms with Crippen LogP contribution in [0.2, 0.25) is 0 Å². The average molecular weight is 321 g/mol. The van der Waals surface area contributed by atoms with Gasteiger partial charge >= 0.3 is 6.61 Å². The van der Waals surface area contributed by atoms with E-state index < -0.39 is 6.61 Å². The molecule has 0 spiro atoms. The molecule has 2 rings (SSSR count). The molecule has 0 atom stereocenters. The number of benzene rings is 1. The highest BCUT2D eigenvalue weighted by Crippen LogP contribution is 2.15. The lowest BCUT2D eigenvalue weighted by Gasteiger charge is -2.14. The van der Waals surface area contributed by atoms with Crippen LogP contribution >= 0.6 is 0 Å². The Morgan fingerprint density at radius 2 is 2.04 bits per heavy atom. The summed E-state index contributed by atoms with van der Waals surface area (Å²) >= 11 is 0. The topological polar surface area (TPSA) is 47.4 Å². The molecule has 0 unspecified atom stereocenters. The van der Waals surface area contributed by atoms with Crippen LogP contribution in [-0.4, -0.2) is 34.2 Å². The van der Waals surface area contributed by atoms with Crippen LogP contribution in [0.25, 0.3) is 6.08 Å². The Labute approximate surface area is 132 Å². The predicted octanol–water partition coefficient (Wildman–Crippen LogP) is 2.69. The quantitative estimate of drug-likeness (QED) is 0.769. The second kappa shape index (κ2) is 7.53. The van der Waals surface area contributed by atoms with Crippen LogP contribution in [0.4, 0.5) is 8.78 Å². The van der Waals surface area contributed by atoms with Crippen molar-refractivity contribution in [3.8, 4) is 5.75 Å². The van der Waals surface area contributed by atoms with E-state index in [2.05, 4.69) is 9.84 Å². The lowest BCUT2D eigenvalue weighted by Crippen LogP contribution is -2.25. The van der Waals surface area contributed by atoms with Gasteiger partial charge in [-0.3, -0.25) is 9.48 Å². The Morgan fingerprint density at radius 3 is 2.61 bits per heavy atom. The van der Waals surface area contributed by atoms with Crippen LogP contribution in [0.1, 0.15) is 11.3 Å². The van der Waals surface area contributed by atoms with Crippen LogP contribution in [0.5, 0.6) is 5.75 Å². The van der Waals surface area contributed by atoms with Gasteiger partial charge in [-0.1, -0.05) is 12.1 Å². The summed E-state index contributed by atoms with van der Waals surface area (Å²) in [5.74, 6) is -0.0871. The molecule has 0 saturated carbocycles. The first-order chi connectivity index (χ1) is 11.0. The standard InChI is InChI=1S/C16H17F2N3O2/c1-20(11-13-9-10-19-21(13)2)15(22)8-5-12-3-6-14(7-4-12)23-16(17)18/h3-10,16H,11H2,1-2H3/b8-5-. The molecule has 0 bridgehead atoms. The third-order valence-corrected chi connectivity index (χ3v) is 3.22. The van der Waals surface area contributed by atoms with E-state index >= 15 is 0 Å². The number of aryl methyl sites for hydroxylation is 1. The van der Waals surface area contributed by atoms with E-state index in [4.69, 9.17) is 0 Å². The molecular weight excluding hydrogens is 304 g/mol. The van der Waals surface area contributed by atoms with Crippen molar-refractivity contribution in [1.29, 1.82) is 0 Å². The summed E-state index contributed by atoms with van der Waals surface area (Å²) < 4.78 is 30.1. The van der Waals surface area contributed by atoms with Crippen molar-refractivity contribution in [1.82, 2.24) is 14.7 Å². The van der Waals surface area contributed by atoms with E-state index in [0.29, 0.717) is 12.1 Å². The van der Waals surface area contributed by atoms with Crippen molar-refractivity contribution in [2.24, 2.45) is 7.05 Å². The highest BCUT2D eigenvalue weighted by molar-refractivity contribution is 5.91. The number of likely N-dealkylation sites (N-methyl/N-ethyl adjacent to an activating group) is 1. The van der Waals surface area contributed by atoms with Crippen molar-refractivity contribution in [3.05, 3.63) is 53.9 Å². The fraction of sp³-hybridized carbons (Fsp3) is 0.250. The van der Waals surface area contributed by atoms with Crippen molar-refractivity contribution < 1.29 is 18.3 Å². The number of carbonyl (C=O) groups is 1. The summed E-state index contributed by atoms with van der Waals surface area (Å²) in [4.78, 5) is 13.6. The van der Waals surface area contributed by atoms with Gasteiger partial charge in [-0.05, 0) is 29.8 Å². The lowest BCUT2D eigenvalue weighted by molar-refractivity contribution is -0.125. The molecule has 1 aromatic carbocycles. The first kappa shape index (κ1) is 16.7. The second-order valence-electron chi connectivity index (χ2n) is 4.92. The van der Waals surface area contributed by atoms with E-state index in [1.807, 2.05) is 13.1 Å². The third kappa shape index (κ3) is 4.91. The van der Waals surface area contributed by atoms with Gasteiger partial charge in [0.2, 0.25) is 5.91 Å². The minimum absolute atomic E-state index is 0.0804. The Hall–Kier alpha value is -2.70. The number of rotatable bonds is 6. The SMILES string of the molecule is CN(Cc1ccnn1C)C(=O)/C=C\c1ccc(OC(F)F)cc1. The Balaban J connectivity index is 1.93. The number of ether oxygens (including phenoxy) is 1. The van der Waals surface area contributed by atoms with Gasteiger partial charge in [0.1, 0.15) is 5.75 Å². The summed E-state index contributed by atoms with van der Waals surface area (Å²) in [6.07, 6.45) is 4.72. The maximum Gasteiger partial charge on any atom is 0.387 e. The fourth-order valence-electron chi connectivity index (χ4n) is 1.93. The van der Waals surface area contributed by atoms with Crippen LogP contribution < -0.4 is 4.74 Å². The van der Waals surface area contributed by atoms with Gasteiger partial charge in [-0.2, -0.15) is 13.9 Å². The van der Waals surface area contributed by atoms with Crippen LogP contribution in [0.3, 0.4) is 0 Å². The molecule has 0 aliphatic rings. The second-order valence-corrected chi connectivity index (χ2v) is 4.92. The molecule has 23 heavy (non-hydrogen) atoms. The van der Waals surface area contributed by atoms with Crippen LogP contribution in [0, 0.1) is 0 Å². The number of hydrogen-bond donors (Lipinski definition) is 0. The fourth-order valence-corrected chi connectivity index (χ4v) is 1.93. The molecule has 0 fully saturated rings. The number of halogens is 2. The summed E-state index contributed by atoms with van der Waals surface area (Å²) in [5, 5.41) is 4.05. The van der Waals surface area contributed by atoms with E-state index in [1.54, 1.807) is 41.0 Å². The smallest absolute Gasteiger partial charge is 0.387 e. The minimum atomic E-state index is -2.85. The number of carbonyl (C=O) groups excluding carboxylic acids is 1. The molecule has 0 aliphatic heterocycles. The zero-order valence-electron chi connectivity index (χ0n) is 12.8. The molecule has 7 heteroatoms. The normalized spacial score (nSPS) is 11.2. The number of alkyl halides is 2. The number of nitrogens with zero attached hydrogens (tertiary/aromatic N) is 3. The summed E-state index contributed by atoms with van der Waals surface area (Å²) in [6.45, 7) is -2.40. The summed E-state index contributed by atoms with van der Waals surface area (Å²) in [6, 6.07) is 7.89. The minimum Gasteiger partial charge on any atom is -0.435 e. The summed E-state index contributed by atoms with van der Waals surface area (Å²) in [7, 11) is 3.51. The summed E-state index contributed by atoms with van der Waals surface area (Å²) in [5.41, 5.74) is 1.64. The highest BCUT2D eigenvalue weighted by Gasteiger charge is 2.08. The number of hydrogen-bond acceptors (Lipinski definition) is 3. The van der Waals surface area contributed by atoms with Gasteiger partial charge in [0.25, 0.3) is 0 Å². The average Bonchev–Trinajstić information content (AvgIpc) is 2.91. The van der Waals surface area contributed by atoms with Gasteiger partial charge in [0.15, 0.2) is 0 Å². The maximum absolute atomic E-state index is 12.1. The largest absolute Gasteiger partial charge is 0.435 e. The van der Waals surface area contributed by atoms with Gasteiger partial charge < -0.3 is 9.64 Å². The van der Waals surface area contributed by atoms with Crippen LogP contribution in [0.15, 0.2) is 42.6 Å². The molecule has 0 aliphatic carbocycles. The maximum atomic E-state index is 12.1. The molecule has 0 radical (unpaired) electrons. The molecule has 5 nitrogen and oxygen atoms in total. The molecule has 122 valence electrons. The number of amides is 1. The number of aromatic nitrogens is 2. The van der Waals surface area contributed by atoms with Gasteiger partial charge in [0.05, 0.1) is 12.2 Å². The zero-order valence-corrected chi connectivity index (χ0v) is 12.8. The van der Waals surface area contributed by atoms with Gasteiger partial charge in [-0.15, -0.1) is 0 Å². The van der Waals surface area contributed by atoms with Gasteiger partial charge in [-0.25, -0.2) is 0 Å². The monoisotopic (exact) mass is 321 g/mol. The Kier molecular flexibility index (Phi) is 5.46. The molecule has 1 aromatic heterocycles. The van der Waals surface area contributed by atoms with Crippen molar-refractivity contribution in [2.45, 2.75) is 13.2 Å². The predicted molar refractivity (Wildman–Crippen MR) is 81.8 cm³/mol. The zero-order chi connectivity index (χ0) is 16.8. The Morgan fingerprint density at radius 1 is 1.35 bits per heavy atom. The third-order valence-electron chi connectivity index (χ3n) is 3.22. The van der Waals surface area contributed by atoms with E-state index in [-0.39, 0.29) is 11.7 Å². The first-order valence-corrected chi connectivity index (χ1v) is 6.90. The highest BCUT2D eigenvalue weighted by atomic mass is 19.3. The molecule has 0 N–H and O–H groups in total. The Bertz CT molecular complexity index is 681. The van der Waals surface area contributed by atoms with E-state index in [9.17, 15) is 13.6 Å². The lowest BCUT2D eigenvalue weighted by atomic mass is 10.2. The molecule has 1 amide bonds. The van der Waals surface area contributed by atoms with Crippen LogP contribution in [-0.2, 0) is 18.4 Å². The molecule has 1 heterocycles. The first-order valence-electron chi connectivity index (χ1n) is 6.90. The molecule has 2 aromatic rings. The van der Waals surface area contributed by atoms with Gasteiger partial charge in [0, 0.05) is 26.4 Å².